The minimum Gasteiger partial charge on any atom is -0.329 e. The third-order valence-electron chi connectivity index (χ3n) is 2.17. The Bertz CT molecular complexity index is 326. The summed E-state index contributed by atoms with van der Waals surface area (Å²) < 4.78 is 0. The van der Waals surface area contributed by atoms with Crippen molar-refractivity contribution in [1.29, 1.82) is 0 Å². The third-order valence-corrected chi connectivity index (χ3v) is 2.42. The first-order valence-corrected chi connectivity index (χ1v) is 5.28. The number of rotatable bonds is 5. The number of terminal acetylenes is 1. The number of benzene rings is 1. The summed E-state index contributed by atoms with van der Waals surface area (Å²) >= 11 is 5.81. The van der Waals surface area contributed by atoms with Crippen LogP contribution in [0.4, 0.5) is 0 Å². The van der Waals surface area contributed by atoms with Crippen molar-refractivity contribution in [3.8, 4) is 12.3 Å². The molecule has 1 rings (SSSR count). The Morgan fingerprint density at radius 3 is 2.60 bits per heavy atom. The van der Waals surface area contributed by atoms with Crippen molar-refractivity contribution < 1.29 is 0 Å². The molecular formula is C12H15ClN2. The normalized spacial score (nSPS) is 12.1. The average Bonchev–Trinajstić information content (AvgIpc) is 2.26. The summed E-state index contributed by atoms with van der Waals surface area (Å²) in [5.41, 5.74) is 6.82. The number of hydrogen-bond donors (Lipinski definition) is 2. The van der Waals surface area contributed by atoms with Crippen LogP contribution in [-0.2, 0) is 0 Å². The van der Waals surface area contributed by atoms with Crippen molar-refractivity contribution in [3.05, 3.63) is 34.9 Å². The van der Waals surface area contributed by atoms with E-state index in [0.29, 0.717) is 13.0 Å². The minimum absolute atomic E-state index is 0.149. The lowest BCUT2D eigenvalue weighted by atomic mass is 10.1. The van der Waals surface area contributed by atoms with Crippen molar-refractivity contribution in [2.75, 3.05) is 13.1 Å². The molecule has 80 valence electrons. The maximum atomic E-state index is 5.81. The van der Waals surface area contributed by atoms with E-state index in [1.807, 2.05) is 24.3 Å². The summed E-state index contributed by atoms with van der Waals surface area (Å²) in [6, 6.07) is 7.83. The molecule has 0 radical (unpaired) electrons. The summed E-state index contributed by atoms with van der Waals surface area (Å²) in [5, 5.41) is 4.03. The number of nitrogens with one attached hydrogen (secondary N) is 1. The highest BCUT2D eigenvalue weighted by Crippen LogP contribution is 2.15. The van der Waals surface area contributed by atoms with E-state index in [1.54, 1.807) is 0 Å². The molecule has 0 bridgehead atoms. The van der Waals surface area contributed by atoms with Gasteiger partial charge >= 0.3 is 0 Å². The van der Waals surface area contributed by atoms with Gasteiger partial charge in [0.05, 0.1) is 0 Å². The monoisotopic (exact) mass is 222 g/mol. The Balaban J connectivity index is 2.58. The standard InChI is InChI=1S/C12H15ClN2/c1-2-3-8-15-12(9-14)10-4-6-11(13)7-5-10/h1,4-7,12,15H,3,8-9,14H2. The van der Waals surface area contributed by atoms with Crippen LogP contribution in [0.5, 0.6) is 0 Å². The average molecular weight is 223 g/mol. The Hall–Kier alpha value is -1.01. The van der Waals surface area contributed by atoms with Gasteiger partial charge in [0.1, 0.15) is 0 Å². The van der Waals surface area contributed by atoms with Crippen LogP contribution in [0.25, 0.3) is 0 Å². The Morgan fingerprint density at radius 2 is 2.07 bits per heavy atom. The first-order valence-electron chi connectivity index (χ1n) is 4.90. The fourth-order valence-corrected chi connectivity index (χ4v) is 1.48. The maximum absolute atomic E-state index is 5.81. The van der Waals surface area contributed by atoms with Crippen LogP contribution in [0.2, 0.25) is 5.02 Å². The van der Waals surface area contributed by atoms with Gasteiger partial charge in [0.15, 0.2) is 0 Å². The second-order valence-corrected chi connectivity index (χ2v) is 3.68. The molecule has 0 fully saturated rings. The Labute approximate surface area is 95.8 Å². The molecule has 0 aliphatic carbocycles. The molecule has 0 spiro atoms. The zero-order valence-electron chi connectivity index (χ0n) is 8.54. The van der Waals surface area contributed by atoms with E-state index in [2.05, 4.69) is 11.2 Å². The van der Waals surface area contributed by atoms with Crippen LogP contribution in [0.3, 0.4) is 0 Å². The van der Waals surface area contributed by atoms with E-state index in [9.17, 15) is 0 Å². The van der Waals surface area contributed by atoms with Crippen LogP contribution < -0.4 is 11.1 Å². The van der Waals surface area contributed by atoms with Crippen LogP contribution in [0, 0.1) is 12.3 Å². The quantitative estimate of drug-likeness (QED) is 0.591. The zero-order valence-corrected chi connectivity index (χ0v) is 9.30. The molecule has 2 nitrogen and oxygen atoms in total. The molecule has 15 heavy (non-hydrogen) atoms. The molecule has 1 aromatic carbocycles. The second-order valence-electron chi connectivity index (χ2n) is 3.25. The largest absolute Gasteiger partial charge is 0.329 e. The summed E-state index contributed by atoms with van der Waals surface area (Å²) in [7, 11) is 0. The fourth-order valence-electron chi connectivity index (χ4n) is 1.35. The number of nitrogens with two attached hydrogens (primary N) is 1. The van der Waals surface area contributed by atoms with E-state index in [1.165, 1.54) is 0 Å². The van der Waals surface area contributed by atoms with E-state index in [4.69, 9.17) is 23.8 Å². The molecule has 1 unspecified atom stereocenters. The van der Waals surface area contributed by atoms with Crippen molar-refractivity contribution in [2.24, 2.45) is 5.73 Å². The highest BCUT2D eigenvalue weighted by atomic mass is 35.5. The topological polar surface area (TPSA) is 38.0 Å². The van der Waals surface area contributed by atoms with Crippen molar-refractivity contribution in [3.63, 3.8) is 0 Å². The molecule has 3 heteroatoms. The van der Waals surface area contributed by atoms with Crippen LogP contribution >= 0.6 is 11.6 Å². The fraction of sp³-hybridized carbons (Fsp3) is 0.333. The molecule has 1 aromatic rings. The van der Waals surface area contributed by atoms with Crippen molar-refractivity contribution in [2.45, 2.75) is 12.5 Å². The minimum atomic E-state index is 0.149. The van der Waals surface area contributed by atoms with Gasteiger partial charge in [-0.1, -0.05) is 23.7 Å². The Morgan fingerprint density at radius 1 is 1.40 bits per heavy atom. The number of hydrogen-bond acceptors (Lipinski definition) is 2. The lowest BCUT2D eigenvalue weighted by Crippen LogP contribution is -2.28. The van der Waals surface area contributed by atoms with Gasteiger partial charge < -0.3 is 11.1 Å². The summed E-state index contributed by atoms with van der Waals surface area (Å²) in [6.07, 6.45) is 5.89. The van der Waals surface area contributed by atoms with E-state index in [-0.39, 0.29) is 6.04 Å². The van der Waals surface area contributed by atoms with Gasteiger partial charge in [0, 0.05) is 30.6 Å². The van der Waals surface area contributed by atoms with Crippen LogP contribution in [0.15, 0.2) is 24.3 Å². The lowest BCUT2D eigenvalue weighted by Gasteiger charge is -2.16. The van der Waals surface area contributed by atoms with E-state index >= 15 is 0 Å². The predicted molar refractivity (Wildman–Crippen MR) is 64.7 cm³/mol. The van der Waals surface area contributed by atoms with E-state index in [0.717, 1.165) is 17.1 Å². The van der Waals surface area contributed by atoms with Crippen molar-refractivity contribution in [1.82, 2.24) is 5.32 Å². The highest BCUT2D eigenvalue weighted by Gasteiger charge is 2.07. The molecule has 1 atom stereocenters. The molecule has 3 N–H and O–H groups in total. The van der Waals surface area contributed by atoms with E-state index < -0.39 is 0 Å². The summed E-state index contributed by atoms with van der Waals surface area (Å²) in [6.45, 7) is 1.33. The molecular weight excluding hydrogens is 208 g/mol. The SMILES string of the molecule is C#CCCNC(CN)c1ccc(Cl)cc1. The first kappa shape index (κ1) is 12.1. The maximum Gasteiger partial charge on any atom is 0.0444 e. The summed E-state index contributed by atoms with van der Waals surface area (Å²) in [5.74, 6) is 2.58. The summed E-state index contributed by atoms with van der Waals surface area (Å²) in [4.78, 5) is 0. The second kappa shape index (κ2) is 6.47. The molecule has 0 amide bonds. The molecule has 0 saturated heterocycles. The van der Waals surface area contributed by atoms with Crippen molar-refractivity contribution >= 4 is 11.6 Å². The van der Waals surface area contributed by atoms with Gasteiger partial charge in [-0.05, 0) is 17.7 Å². The van der Waals surface area contributed by atoms with Crippen LogP contribution in [0.1, 0.15) is 18.0 Å². The van der Waals surface area contributed by atoms with Gasteiger partial charge in [0.25, 0.3) is 0 Å². The van der Waals surface area contributed by atoms with Gasteiger partial charge in [0.2, 0.25) is 0 Å². The van der Waals surface area contributed by atoms with Gasteiger partial charge in [-0.3, -0.25) is 0 Å². The van der Waals surface area contributed by atoms with Gasteiger partial charge in [-0.15, -0.1) is 12.3 Å². The molecule has 0 saturated carbocycles. The molecule has 0 aliphatic rings. The predicted octanol–water partition coefficient (Wildman–Crippen LogP) is 1.95. The van der Waals surface area contributed by atoms with Gasteiger partial charge in [-0.2, -0.15) is 0 Å². The zero-order chi connectivity index (χ0) is 11.1. The third kappa shape index (κ3) is 3.93. The molecule has 0 heterocycles. The number of halogens is 1. The molecule has 0 aliphatic heterocycles. The molecule has 0 aromatic heterocycles. The van der Waals surface area contributed by atoms with Gasteiger partial charge in [-0.25, -0.2) is 0 Å². The first-order chi connectivity index (χ1) is 7.27. The lowest BCUT2D eigenvalue weighted by molar-refractivity contribution is 0.551. The smallest absolute Gasteiger partial charge is 0.0444 e. The Kier molecular flexibility index (Phi) is 5.20. The van der Waals surface area contributed by atoms with Crippen LogP contribution in [-0.4, -0.2) is 13.1 Å². The highest BCUT2D eigenvalue weighted by molar-refractivity contribution is 6.30.